The number of aliphatic carboxylic acids is 1. The van der Waals surface area contributed by atoms with E-state index in [1.165, 1.54) is 32.1 Å². The highest BCUT2D eigenvalue weighted by atomic mass is 16.5. The first-order valence-electron chi connectivity index (χ1n) is 6.83. The summed E-state index contributed by atoms with van der Waals surface area (Å²) in [6, 6.07) is 0. The fraction of sp³-hybridized carbons (Fsp3) is 0.929. The molecule has 1 aliphatic rings. The highest BCUT2D eigenvalue weighted by molar-refractivity contribution is 5.73. The molecule has 0 aromatic carbocycles. The molecule has 17 heavy (non-hydrogen) atoms. The van der Waals surface area contributed by atoms with Gasteiger partial charge in [-0.05, 0) is 45.4 Å². The summed E-state index contributed by atoms with van der Waals surface area (Å²) < 4.78 is 5.66. The van der Waals surface area contributed by atoms with Crippen molar-refractivity contribution in [3.05, 3.63) is 0 Å². The number of ether oxygens (including phenoxy) is 1. The lowest BCUT2D eigenvalue weighted by Gasteiger charge is -2.22. The van der Waals surface area contributed by atoms with Crippen LogP contribution in [0.1, 0.15) is 58.8 Å². The summed E-state index contributed by atoms with van der Waals surface area (Å²) in [5, 5.41) is 8.96. The molecule has 1 rings (SSSR count). The molecule has 0 aromatic heterocycles. The van der Waals surface area contributed by atoms with E-state index in [9.17, 15) is 4.79 Å². The lowest BCUT2D eigenvalue weighted by atomic mass is 9.88. The van der Waals surface area contributed by atoms with Crippen molar-refractivity contribution in [2.45, 2.75) is 58.8 Å². The number of carboxylic acid groups (broad SMARTS) is 1. The van der Waals surface area contributed by atoms with E-state index in [0.717, 1.165) is 18.9 Å². The Hall–Kier alpha value is -0.570. The second-order valence-electron chi connectivity index (χ2n) is 5.87. The molecule has 0 aliphatic heterocycles. The van der Waals surface area contributed by atoms with E-state index in [4.69, 9.17) is 9.84 Å². The maximum Gasteiger partial charge on any atom is 0.309 e. The molecule has 100 valence electrons. The molecule has 0 atom stereocenters. The second-order valence-corrected chi connectivity index (χ2v) is 5.87. The molecular weight excluding hydrogens is 216 g/mol. The number of hydrogen-bond acceptors (Lipinski definition) is 2. The molecule has 0 radical (unpaired) electrons. The van der Waals surface area contributed by atoms with Gasteiger partial charge >= 0.3 is 5.97 Å². The fourth-order valence-corrected chi connectivity index (χ4v) is 2.33. The third kappa shape index (κ3) is 5.53. The zero-order chi connectivity index (χ0) is 12.7. The average Bonchev–Trinajstić information content (AvgIpc) is 2.29. The Morgan fingerprint density at radius 1 is 1.29 bits per heavy atom. The molecule has 1 saturated carbocycles. The molecule has 0 spiro atoms. The maximum absolute atomic E-state index is 10.9. The molecule has 0 heterocycles. The van der Waals surface area contributed by atoms with Gasteiger partial charge in [0.05, 0.1) is 5.41 Å². The van der Waals surface area contributed by atoms with E-state index < -0.39 is 11.4 Å². The molecule has 1 N–H and O–H groups in total. The van der Waals surface area contributed by atoms with Crippen molar-refractivity contribution in [2.24, 2.45) is 11.3 Å². The van der Waals surface area contributed by atoms with Crippen LogP contribution in [0.3, 0.4) is 0 Å². The lowest BCUT2D eigenvalue weighted by molar-refractivity contribution is -0.147. The van der Waals surface area contributed by atoms with Crippen molar-refractivity contribution in [3.8, 4) is 0 Å². The Labute approximate surface area is 105 Å². The summed E-state index contributed by atoms with van der Waals surface area (Å²) in [5.41, 5.74) is -0.617. The Bertz CT molecular complexity index is 230. The van der Waals surface area contributed by atoms with Crippen LogP contribution in [0.25, 0.3) is 0 Å². The van der Waals surface area contributed by atoms with Crippen LogP contribution in [0.2, 0.25) is 0 Å². The molecule has 0 bridgehead atoms. The van der Waals surface area contributed by atoms with Gasteiger partial charge in [-0.2, -0.15) is 0 Å². The third-order valence-electron chi connectivity index (χ3n) is 3.75. The summed E-state index contributed by atoms with van der Waals surface area (Å²) >= 11 is 0. The van der Waals surface area contributed by atoms with Gasteiger partial charge in [0.15, 0.2) is 0 Å². The van der Waals surface area contributed by atoms with Gasteiger partial charge in [0.25, 0.3) is 0 Å². The Morgan fingerprint density at radius 2 is 1.94 bits per heavy atom. The standard InChI is InChI=1S/C14H26O3/c1-14(2,13(15)16)9-6-10-17-11-12-7-4-3-5-8-12/h12H,3-11H2,1-2H3,(H,15,16). The highest BCUT2D eigenvalue weighted by Gasteiger charge is 2.26. The van der Waals surface area contributed by atoms with E-state index in [-0.39, 0.29) is 0 Å². The lowest BCUT2D eigenvalue weighted by Crippen LogP contribution is -2.24. The van der Waals surface area contributed by atoms with Crippen LogP contribution in [0, 0.1) is 11.3 Å². The number of carbonyl (C=O) groups is 1. The van der Waals surface area contributed by atoms with Crippen LogP contribution >= 0.6 is 0 Å². The Kier molecular flexibility index (Phi) is 5.96. The minimum atomic E-state index is -0.718. The predicted octanol–water partition coefficient (Wildman–Crippen LogP) is 3.47. The minimum Gasteiger partial charge on any atom is -0.481 e. The molecule has 1 fully saturated rings. The molecule has 3 nitrogen and oxygen atoms in total. The van der Waals surface area contributed by atoms with Crippen molar-refractivity contribution in [1.29, 1.82) is 0 Å². The quantitative estimate of drug-likeness (QED) is 0.695. The summed E-state index contributed by atoms with van der Waals surface area (Å²) in [6.45, 7) is 5.12. The Balaban J connectivity index is 2.02. The van der Waals surface area contributed by atoms with Gasteiger partial charge in [-0.25, -0.2) is 0 Å². The van der Waals surface area contributed by atoms with Gasteiger partial charge < -0.3 is 9.84 Å². The van der Waals surface area contributed by atoms with Gasteiger partial charge in [-0.3, -0.25) is 4.79 Å². The van der Waals surface area contributed by atoms with Gasteiger partial charge in [-0.1, -0.05) is 19.3 Å². The van der Waals surface area contributed by atoms with E-state index in [2.05, 4.69) is 0 Å². The van der Waals surface area contributed by atoms with Gasteiger partial charge in [0.1, 0.15) is 0 Å². The summed E-state index contributed by atoms with van der Waals surface area (Å²) in [7, 11) is 0. The smallest absolute Gasteiger partial charge is 0.309 e. The molecule has 0 aromatic rings. The van der Waals surface area contributed by atoms with Gasteiger partial charge in [-0.15, -0.1) is 0 Å². The summed E-state index contributed by atoms with van der Waals surface area (Å²) in [6.07, 6.45) is 8.21. The Morgan fingerprint density at radius 3 is 2.53 bits per heavy atom. The average molecular weight is 242 g/mol. The van der Waals surface area contributed by atoms with Crippen LogP contribution < -0.4 is 0 Å². The van der Waals surface area contributed by atoms with Gasteiger partial charge in [0, 0.05) is 13.2 Å². The molecule has 1 aliphatic carbocycles. The molecule has 0 amide bonds. The first kappa shape index (κ1) is 14.5. The summed E-state index contributed by atoms with van der Waals surface area (Å²) in [4.78, 5) is 10.9. The zero-order valence-electron chi connectivity index (χ0n) is 11.2. The van der Waals surface area contributed by atoms with Crippen molar-refractivity contribution in [3.63, 3.8) is 0 Å². The van der Waals surface area contributed by atoms with Crippen LogP contribution in [0.4, 0.5) is 0 Å². The van der Waals surface area contributed by atoms with Crippen molar-refractivity contribution in [2.75, 3.05) is 13.2 Å². The van der Waals surface area contributed by atoms with E-state index in [0.29, 0.717) is 13.0 Å². The minimum absolute atomic E-state index is 0.617. The number of rotatable bonds is 7. The van der Waals surface area contributed by atoms with Crippen LogP contribution in [-0.4, -0.2) is 24.3 Å². The topological polar surface area (TPSA) is 46.5 Å². The fourth-order valence-electron chi connectivity index (χ4n) is 2.33. The number of hydrogen-bond donors (Lipinski definition) is 1. The SMILES string of the molecule is CC(C)(CCCOCC1CCCCC1)C(=O)O. The monoisotopic (exact) mass is 242 g/mol. The van der Waals surface area contributed by atoms with Crippen molar-refractivity contribution in [1.82, 2.24) is 0 Å². The van der Waals surface area contributed by atoms with E-state index >= 15 is 0 Å². The van der Waals surface area contributed by atoms with Crippen molar-refractivity contribution >= 4 is 5.97 Å². The van der Waals surface area contributed by atoms with Crippen molar-refractivity contribution < 1.29 is 14.6 Å². The largest absolute Gasteiger partial charge is 0.481 e. The molecule has 0 saturated heterocycles. The molecular formula is C14H26O3. The predicted molar refractivity (Wildman–Crippen MR) is 68.0 cm³/mol. The first-order chi connectivity index (χ1) is 8.02. The molecule has 3 heteroatoms. The third-order valence-corrected chi connectivity index (χ3v) is 3.75. The summed E-state index contributed by atoms with van der Waals surface area (Å²) in [5.74, 6) is 0.0287. The second kappa shape index (κ2) is 7.00. The first-order valence-corrected chi connectivity index (χ1v) is 6.83. The normalized spacial score (nSPS) is 18.2. The highest BCUT2D eigenvalue weighted by Crippen LogP contribution is 2.24. The van der Waals surface area contributed by atoms with E-state index in [1.54, 1.807) is 13.8 Å². The van der Waals surface area contributed by atoms with Gasteiger partial charge in [0.2, 0.25) is 0 Å². The zero-order valence-corrected chi connectivity index (χ0v) is 11.2. The van der Waals surface area contributed by atoms with E-state index in [1.807, 2.05) is 0 Å². The maximum atomic E-state index is 10.9. The number of carboxylic acids is 1. The van der Waals surface area contributed by atoms with Crippen LogP contribution in [0.5, 0.6) is 0 Å². The van der Waals surface area contributed by atoms with Crippen LogP contribution in [-0.2, 0) is 9.53 Å². The molecule has 0 unspecified atom stereocenters. The van der Waals surface area contributed by atoms with Crippen LogP contribution in [0.15, 0.2) is 0 Å².